The molecule has 218 valence electrons. The highest BCUT2D eigenvalue weighted by molar-refractivity contribution is 7.46. The zero-order valence-corrected chi connectivity index (χ0v) is 25.6. The summed E-state index contributed by atoms with van der Waals surface area (Å²) < 4.78 is 22.9. The summed E-state index contributed by atoms with van der Waals surface area (Å²) in [6, 6.07) is 13.4. The molecule has 1 aliphatic carbocycles. The Morgan fingerprint density at radius 2 is 1.98 bits per heavy atom. The Bertz CT molecular complexity index is 1350. The molecule has 3 N–H and O–H groups in total. The Hall–Kier alpha value is -3.41. The van der Waals surface area contributed by atoms with Crippen LogP contribution in [0.15, 0.2) is 72.5 Å². The minimum Gasteiger partial charge on any atom is -0.460 e. The van der Waals surface area contributed by atoms with Crippen LogP contribution in [0.5, 0.6) is 0 Å². The van der Waals surface area contributed by atoms with Crippen molar-refractivity contribution < 1.29 is 23.3 Å². The number of carbonyl (C=O) groups is 2. The van der Waals surface area contributed by atoms with Crippen LogP contribution in [0.4, 0.5) is 4.39 Å². The van der Waals surface area contributed by atoms with Gasteiger partial charge in [0.1, 0.15) is 19.4 Å². The lowest BCUT2D eigenvalue weighted by Gasteiger charge is -2.27. The number of ether oxygens (including phenoxy) is 1. The van der Waals surface area contributed by atoms with E-state index in [0.29, 0.717) is 31.7 Å². The zero-order chi connectivity index (χ0) is 30.2. The van der Waals surface area contributed by atoms with E-state index in [1.165, 1.54) is 16.3 Å². The number of rotatable bonds is 11. The average molecular weight is 579 g/mol. The first kappa shape index (κ1) is 32.1. The van der Waals surface area contributed by atoms with Crippen LogP contribution in [-0.2, 0) is 15.7 Å². The third-order valence-electron chi connectivity index (χ3n) is 6.65. The van der Waals surface area contributed by atoms with Gasteiger partial charge in [-0.15, -0.1) is 0 Å². The number of esters is 1. The number of nitrogens with zero attached hydrogens (tertiary/aromatic N) is 1. The second-order valence-corrected chi connectivity index (χ2v) is 12.6. The van der Waals surface area contributed by atoms with Crippen LogP contribution in [0.2, 0.25) is 0 Å². The van der Waals surface area contributed by atoms with E-state index in [4.69, 9.17) is 10.5 Å². The van der Waals surface area contributed by atoms with E-state index in [2.05, 4.69) is 24.2 Å². The summed E-state index contributed by atoms with van der Waals surface area (Å²) in [5.74, 6) is -0.644. The summed E-state index contributed by atoms with van der Waals surface area (Å²) in [4.78, 5) is 25.5. The first-order chi connectivity index (χ1) is 19.4. The summed E-state index contributed by atoms with van der Waals surface area (Å²) in [5, 5.41) is 3.98. The summed E-state index contributed by atoms with van der Waals surface area (Å²) in [5.41, 5.74) is 8.34. The Balaban J connectivity index is 1.87. The van der Waals surface area contributed by atoms with Crippen molar-refractivity contribution in [3.8, 4) is 0 Å². The van der Waals surface area contributed by atoms with Crippen molar-refractivity contribution in [3.63, 3.8) is 0 Å². The Labute approximate surface area is 245 Å². The summed E-state index contributed by atoms with van der Waals surface area (Å²) in [7, 11) is 1.91. The van der Waals surface area contributed by atoms with Crippen molar-refractivity contribution in [1.82, 2.24) is 5.32 Å². The predicted octanol–water partition coefficient (Wildman–Crippen LogP) is 5.78. The molecule has 0 spiro atoms. The Morgan fingerprint density at radius 1 is 1.27 bits per heavy atom. The third-order valence-corrected chi connectivity index (χ3v) is 7.93. The molecule has 4 unspecified atom stereocenters. The van der Waals surface area contributed by atoms with Gasteiger partial charge < -0.3 is 10.5 Å². The van der Waals surface area contributed by atoms with Gasteiger partial charge in [-0.05, 0) is 87.0 Å². The molecule has 0 bridgehead atoms. The number of nitrogens with one attached hydrogen (secondary N) is 1. The fraction of sp³-hybridized carbons (Fsp3) is 0.364. The smallest absolute Gasteiger partial charge is 0.419 e. The molecule has 0 heterocycles. The van der Waals surface area contributed by atoms with Crippen molar-refractivity contribution in [2.45, 2.75) is 64.6 Å². The molecule has 0 radical (unpaired) electrons. The van der Waals surface area contributed by atoms with Crippen LogP contribution in [0.3, 0.4) is 0 Å². The number of allylic oxidation sites excluding steroid dienone is 2. The van der Waals surface area contributed by atoms with E-state index in [9.17, 15) is 9.59 Å². The molecule has 2 aromatic carbocycles. The second kappa shape index (κ2) is 14.5. The van der Waals surface area contributed by atoms with Gasteiger partial charge in [-0.3, -0.25) is 10.1 Å². The SMILES string of the molecule is C=[N+](C)C(=O)c1cc(PCc2ccccc2)cc(C(F)NC(C)C2C=C(CC(=O)OC(C)(C)C)C=CC2)c1C=CN. The number of alkyl halides is 1. The number of halogens is 1. The molecule has 8 heteroatoms. The van der Waals surface area contributed by atoms with Crippen LogP contribution >= 0.6 is 8.58 Å². The molecule has 0 aliphatic heterocycles. The molecule has 0 saturated carbocycles. The highest BCUT2D eigenvalue weighted by Crippen LogP contribution is 2.30. The van der Waals surface area contributed by atoms with Crippen molar-refractivity contribution >= 4 is 38.6 Å². The average Bonchev–Trinajstić information content (AvgIpc) is 2.91. The second-order valence-electron chi connectivity index (χ2n) is 11.4. The summed E-state index contributed by atoms with van der Waals surface area (Å²) in [6.45, 7) is 11.2. The maximum Gasteiger partial charge on any atom is 0.419 e. The van der Waals surface area contributed by atoms with E-state index in [1.54, 1.807) is 13.1 Å². The highest BCUT2D eigenvalue weighted by atomic mass is 31.1. The van der Waals surface area contributed by atoms with E-state index < -0.39 is 11.9 Å². The molecule has 3 rings (SSSR count). The third kappa shape index (κ3) is 9.58. The van der Waals surface area contributed by atoms with E-state index in [1.807, 2.05) is 76.3 Å². The summed E-state index contributed by atoms with van der Waals surface area (Å²) >= 11 is 0. The van der Waals surface area contributed by atoms with Crippen LogP contribution in [0.25, 0.3) is 6.08 Å². The molecule has 1 amide bonds. The van der Waals surface area contributed by atoms with Gasteiger partial charge >= 0.3 is 11.9 Å². The maximum absolute atomic E-state index is 16.2. The van der Waals surface area contributed by atoms with E-state index in [0.717, 1.165) is 17.0 Å². The van der Waals surface area contributed by atoms with Crippen LogP contribution in [-0.4, -0.2) is 41.9 Å². The number of carbonyl (C=O) groups excluding carboxylic acids is 2. The monoisotopic (exact) mass is 578 g/mol. The standard InChI is InChI=1S/C33H41FN3O3P/c1-22(25-14-10-13-24(17-25)18-30(38)40-33(2,3)4)36-31(34)28-19-26(41-21-23-11-8-7-9-12-23)20-29(27(28)15-16-35)32(39)37(5)6/h7-13,15-17,19-20,22,25,31,36,41H,5,14,18,21H2,1-4,6H3,(H-,35,39)/p+1. The number of amides is 1. The fourth-order valence-electron chi connectivity index (χ4n) is 4.68. The molecular formula is C33H42FN3O3P+. The lowest BCUT2D eigenvalue weighted by atomic mass is 9.89. The van der Waals surface area contributed by atoms with Crippen molar-refractivity contribution in [2.75, 3.05) is 7.05 Å². The van der Waals surface area contributed by atoms with Gasteiger partial charge in [0.25, 0.3) is 0 Å². The van der Waals surface area contributed by atoms with Gasteiger partial charge in [0.15, 0.2) is 6.30 Å². The van der Waals surface area contributed by atoms with Crippen molar-refractivity contribution in [1.29, 1.82) is 0 Å². The first-order valence-electron chi connectivity index (χ1n) is 13.8. The molecule has 2 aromatic rings. The maximum atomic E-state index is 16.2. The molecule has 6 nitrogen and oxygen atoms in total. The summed E-state index contributed by atoms with van der Waals surface area (Å²) in [6.07, 6.45) is 8.92. The largest absolute Gasteiger partial charge is 0.460 e. The van der Waals surface area contributed by atoms with Crippen LogP contribution in [0.1, 0.15) is 73.9 Å². The quantitative estimate of drug-likeness (QED) is 0.116. The normalized spacial score (nSPS) is 17.0. The van der Waals surface area contributed by atoms with Gasteiger partial charge in [0.05, 0.1) is 12.0 Å². The number of nitrogens with two attached hydrogens (primary N) is 1. The lowest BCUT2D eigenvalue weighted by Crippen LogP contribution is -2.35. The molecule has 0 aromatic heterocycles. The van der Waals surface area contributed by atoms with Gasteiger partial charge in [0, 0.05) is 17.2 Å². The van der Waals surface area contributed by atoms with Gasteiger partial charge in [-0.1, -0.05) is 57.1 Å². The van der Waals surface area contributed by atoms with Gasteiger partial charge in [-0.25, -0.2) is 9.18 Å². The number of hydrogen-bond acceptors (Lipinski definition) is 5. The number of benzene rings is 2. The van der Waals surface area contributed by atoms with Crippen molar-refractivity contribution in [2.24, 2.45) is 11.7 Å². The minimum atomic E-state index is -1.56. The molecule has 0 fully saturated rings. The predicted molar refractivity (Wildman–Crippen MR) is 168 cm³/mol. The Kier molecular flexibility index (Phi) is 11.3. The minimum absolute atomic E-state index is 0.0283. The van der Waals surface area contributed by atoms with Gasteiger partial charge in [0.2, 0.25) is 0 Å². The number of hydrogen-bond donors (Lipinski definition) is 2. The van der Waals surface area contributed by atoms with Crippen LogP contribution < -0.4 is 16.4 Å². The highest BCUT2D eigenvalue weighted by Gasteiger charge is 2.28. The molecule has 0 saturated heterocycles. The molecular weight excluding hydrogens is 536 g/mol. The van der Waals surface area contributed by atoms with E-state index >= 15 is 4.39 Å². The fourth-order valence-corrected chi connectivity index (χ4v) is 5.83. The molecule has 4 atom stereocenters. The van der Waals surface area contributed by atoms with E-state index in [-0.39, 0.29) is 30.3 Å². The zero-order valence-electron chi connectivity index (χ0n) is 24.6. The van der Waals surface area contributed by atoms with Crippen LogP contribution in [0, 0.1) is 5.92 Å². The first-order valence-corrected chi connectivity index (χ1v) is 15.0. The Morgan fingerprint density at radius 3 is 2.61 bits per heavy atom. The van der Waals surface area contributed by atoms with Crippen molar-refractivity contribution in [3.05, 3.63) is 94.7 Å². The van der Waals surface area contributed by atoms with Gasteiger partial charge in [-0.2, -0.15) is 4.58 Å². The topological polar surface area (TPSA) is 84.4 Å². The molecule has 1 aliphatic rings. The molecule has 41 heavy (non-hydrogen) atoms. The lowest BCUT2D eigenvalue weighted by molar-refractivity contribution is -0.384.